The molecule has 3 nitrogen and oxygen atoms in total. The number of hydrogen-bond donors (Lipinski definition) is 0. The predicted molar refractivity (Wildman–Crippen MR) is 120 cm³/mol. The minimum Gasteiger partial charge on any atom is -0.456 e. The van der Waals surface area contributed by atoms with Crippen molar-refractivity contribution in [2.75, 3.05) is 4.67 Å². The summed E-state index contributed by atoms with van der Waals surface area (Å²) in [6.07, 6.45) is 0.893. The number of para-hydroxylation sites is 1. The Hall–Kier alpha value is -3.03. The molecule has 0 aliphatic carbocycles. The monoisotopic (exact) mass is 399 g/mol. The van der Waals surface area contributed by atoms with Gasteiger partial charge < -0.3 is 9.41 Å². The molecule has 0 unspecified atom stereocenters. The molecule has 0 aromatic heterocycles. The van der Waals surface area contributed by atoms with Gasteiger partial charge in [-0.3, -0.25) is 4.57 Å². The Bertz CT molecular complexity index is 1090. The predicted octanol–water partition coefficient (Wildman–Crippen LogP) is 6.74. The molecule has 4 heteroatoms. The number of rotatable bonds is 3. The van der Waals surface area contributed by atoms with Gasteiger partial charge in [-0.15, -0.1) is 0 Å². The fourth-order valence-corrected chi connectivity index (χ4v) is 6.79. The van der Waals surface area contributed by atoms with Crippen LogP contribution in [-0.4, -0.2) is 6.04 Å². The molecule has 0 saturated carbocycles. The van der Waals surface area contributed by atoms with E-state index in [1.165, 1.54) is 5.56 Å². The van der Waals surface area contributed by atoms with E-state index in [0.29, 0.717) is 11.5 Å². The maximum Gasteiger partial charge on any atom is 0.223 e. The Kier molecular flexibility index (Phi) is 4.41. The lowest BCUT2D eigenvalue weighted by Gasteiger charge is -2.33. The van der Waals surface area contributed by atoms with E-state index in [2.05, 4.69) is 23.7 Å². The number of ether oxygens (including phenoxy) is 1. The molecule has 0 amide bonds. The van der Waals surface area contributed by atoms with Gasteiger partial charge in [-0.1, -0.05) is 78.9 Å². The summed E-state index contributed by atoms with van der Waals surface area (Å²) in [4.78, 5) is 0. The van der Waals surface area contributed by atoms with Gasteiger partial charge in [-0.2, -0.15) is 0 Å². The Labute approximate surface area is 171 Å². The van der Waals surface area contributed by atoms with Crippen molar-refractivity contribution in [3.8, 4) is 0 Å². The molecule has 5 rings (SSSR count). The first kappa shape index (κ1) is 18.0. The standard InChI is InChI=1S/C25H22NO2P/c1-19-16-22-14-8-9-15-23(22)26(19)29(27)17-24(20-10-4-2-5-11-20)28-25(18-29)21-12-6-3-7-13-21/h2-15,17-19H,16H2,1H3/t19-/m1/s1. The van der Waals surface area contributed by atoms with Gasteiger partial charge in [0.1, 0.15) is 11.5 Å². The van der Waals surface area contributed by atoms with Crippen molar-refractivity contribution in [3.05, 3.63) is 113 Å². The Morgan fingerprint density at radius 2 is 1.31 bits per heavy atom. The first-order valence-corrected chi connectivity index (χ1v) is 11.7. The van der Waals surface area contributed by atoms with Crippen molar-refractivity contribution in [2.45, 2.75) is 19.4 Å². The number of fused-ring (bicyclic) bond motifs is 1. The molecule has 0 fully saturated rings. The summed E-state index contributed by atoms with van der Waals surface area (Å²) < 4.78 is 22.8. The number of anilines is 1. The van der Waals surface area contributed by atoms with E-state index in [0.717, 1.165) is 23.2 Å². The second-order valence-corrected chi connectivity index (χ2v) is 9.81. The minimum absolute atomic E-state index is 0.151. The van der Waals surface area contributed by atoms with Gasteiger partial charge in [0.2, 0.25) is 7.29 Å². The lowest BCUT2D eigenvalue weighted by molar-refractivity contribution is 0.468. The van der Waals surface area contributed by atoms with Gasteiger partial charge in [-0.05, 0) is 25.0 Å². The zero-order valence-corrected chi connectivity index (χ0v) is 17.1. The maximum atomic E-state index is 14.5. The maximum absolute atomic E-state index is 14.5. The summed E-state index contributed by atoms with van der Waals surface area (Å²) in [6.45, 7) is 2.14. The first-order chi connectivity index (χ1) is 14.1. The zero-order valence-electron chi connectivity index (χ0n) is 16.2. The van der Waals surface area contributed by atoms with Gasteiger partial charge in [0.25, 0.3) is 0 Å². The molecule has 3 aromatic carbocycles. The summed E-state index contributed by atoms with van der Waals surface area (Å²) in [7, 11) is -3.01. The Morgan fingerprint density at radius 3 is 1.90 bits per heavy atom. The van der Waals surface area contributed by atoms with Crippen molar-refractivity contribution >= 4 is 24.5 Å². The molecule has 144 valence electrons. The van der Waals surface area contributed by atoms with Crippen molar-refractivity contribution in [1.29, 1.82) is 0 Å². The lowest BCUT2D eigenvalue weighted by atomic mass is 10.1. The molecule has 29 heavy (non-hydrogen) atoms. The second kappa shape index (κ2) is 7.09. The summed E-state index contributed by atoms with van der Waals surface area (Å²) in [5, 5.41) is 0. The average Bonchev–Trinajstić information content (AvgIpc) is 3.11. The van der Waals surface area contributed by atoms with Crippen LogP contribution in [0.2, 0.25) is 0 Å². The highest BCUT2D eigenvalue weighted by Gasteiger charge is 2.39. The van der Waals surface area contributed by atoms with E-state index in [1.807, 2.05) is 84.4 Å². The van der Waals surface area contributed by atoms with E-state index < -0.39 is 7.29 Å². The molecular formula is C25H22NO2P. The van der Waals surface area contributed by atoms with E-state index >= 15 is 0 Å². The van der Waals surface area contributed by atoms with Crippen LogP contribution in [0.15, 0.2) is 96.6 Å². The van der Waals surface area contributed by atoms with E-state index in [-0.39, 0.29) is 6.04 Å². The van der Waals surface area contributed by atoms with Crippen LogP contribution in [0.1, 0.15) is 23.6 Å². The first-order valence-electron chi connectivity index (χ1n) is 9.85. The number of hydrogen-bond acceptors (Lipinski definition) is 2. The van der Waals surface area contributed by atoms with Crippen molar-refractivity contribution < 1.29 is 9.30 Å². The third-order valence-electron chi connectivity index (χ3n) is 5.45. The molecule has 1 atom stereocenters. The van der Waals surface area contributed by atoms with Crippen LogP contribution in [-0.2, 0) is 15.7 Å². The highest BCUT2D eigenvalue weighted by atomic mass is 31.2. The fraction of sp³-hybridized carbons (Fsp3) is 0.120. The quantitative estimate of drug-likeness (QED) is 0.457. The van der Waals surface area contributed by atoms with Crippen molar-refractivity contribution in [1.82, 2.24) is 0 Å². The Morgan fingerprint density at radius 1 is 0.793 bits per heavy atom. The number of nitrogens with zero attached hydrogens (tertiary/aromatic N) is 1. The molecule has 0 radical (unpaired) electrons. The van der Waals surface area contributed by atoms with Gasteiger partial charge >= 0.3 is 0 Å². The third kappa shape index (κ3) is 3.22. The topological polar surface area (TPSA) is 29.5 Å². The molecule has 2 aliphatic rings. The smallest absolute Gasteiger partial charge is 0.223 e. The molecule has 0 bridgehead atoms. The van der Waals surface area contributed by atoms with Crippen LogP contribution < -0.4 is 4.67 Å². The average molecular weight is 399 g/mol. The van der Waals surface area contributed by atoms with Crippen LogP contribution in [0.4, 0.5) is 5.69 Å². The molecule has 0 saturated heterocycles. The molecule has 0 N–H and O–H groups in total. The SMILES string of the molecule is C[C@@H]1Cc2ccccc2N1P1(=O)C=C(c2ccccc2)OC(c2ccccc2)=C1. The summed E-state index contributed by atoms with van der Waals surface area (Å²) in [5.41, 5.74) is 4.15. The van der Waals surface area contributed by atoms with Crippen LogP contribution in [0.5, 0.6) is 0 Å². The van der Waals surface area contributed by atoms with Gasteiger partial charge in [0, 0.05) is 34.5 Å². The molecule has 0 spiro atoms. The van der Waals surface area contributed by atoms with Crippen LogP contribution >= 0.6 is 7.29 Å². The van der Waals surface area contributed by atoms with E-state index in [9.17, 15) is 4.57 Å². The molecular weight excluding hydrogens is 377 g/mol. The van der Waals surface area contributed by atoms with Gasteiger partial charge in [-0.25, -0.2) is 0 Å². The van der Waals surface area contributed by atoms with Crippen molar-refractivity contribution in [2.24, 2.45) is 0 Å². The normalized spacial score (nSPS) is 19.8. The van der Waals surface area contributed by atoms with Crippen LogP contribution in [0.3, 0.4) is 0 Å². The molecule has 3 aromatic rings. The molecule has 2 heterocycles. The Balaban J connectivity index is 1.68. The van der Waals surface area contributed by atoms with Crippen LogP contribution in [0, 0.1) is 0 Å². The fourth-order valence-electron chi connectivity index (χ4n) is 4.17. The van der Waals surface area contributed by atoms with E-state index in [4.69, 9.17) is 4.74 Å². The summed E-state index contributed by atoms with van der Waals surface area (Å²) in [6, 6.07) is 28.2. The summed E-state index contributed by atoms with van der Waals surface area (Å²) >= 11 is 0. The molecule has 2 aliphatic heterocycles. The summed E-state index contributed by atoms with van der Waals surface area (Å²) in [5.74, 6) is 4.94. The van der Waals surface area contributed by atoms with Gasteiger partial charge in [0.15, 0.2) is 0 Å². The zero-order chi connectivity index (χ0) is 19.8. The number of benzene rings is 3. The highest BCUT2D eigenvalue weighted by molar-refractivity contribution is 7.72. The van der Waals surface area contributed by atoms with Crippen molar-refractivity contribution in [3.63, 3.8) is 0 Å². The largest absolute Gasteiger partial charge is 0.456 e. The van der Waals surface area contributed by atoms with Crippen LogP contribution in [0.25, 0.3) is 11.5 Å². The third-order valence-corrected chi connectivity index (χ3v) is 7.94. The lowest BCUT2D eigenvalue weighted by Crippen LogP contribution is -2.25. The van der Waals surface area contributed by atoms with Gasteiger partial charge in [0.05, 0.1) is 0 Å². The van der Waals surface area contributed by atoms with E-state index in [1.54, 1.807) is 0 Å². The minimum atomic E-state index is -3.01. The highest BCUT2D eigenvalue weighted by Crippen LogP contribution is 2.63. The second-order valence-electron chi connectivity index (χ2n) is 7.52.